The summed E-state index contributed by atoms with van der Waals surface area (Å²) in [5.74, 6) is -0.605. The van der Waals surface area contributed by atoms with E-state index in [1.807, 2.05) is 66.7 Å². The molecule has 0 spiro atoms. The SMILES string of the molecule is O=C(Nc1ccccc1-c1nc2ccccc2s1)[C@H]1CC(=O)N(Cc2ccccc2Cl)C1. The maximum Gasteiger partial charge on any atom is 0.229 e. The fourth-order valence-corrected chi connectivity index (χ4v) is 5.13. The molecule has 0 saturated carbocycles. The van der Waals surface area contributed by atoms with Gasteiger partial charge in [0.15, 0.2) is 0 Å². The Balaban J connectivity index is 1.32. The van der Waals surface area contributed by atoms with Crippen molar-refractivity contribution >= 4 is 50.7 Å². The van der Waals surface area contributed by atoms with E-state index in [1.54, 1.807) is 22.3 Å². The van der Waals surface area contributed by atoms with Gasteiger partial charge in [-0.25, -0.2) is 4.98 Å². The molecule has 1 N–H and O–H groups in total. The molecular weight excluding hydrogens is 442 g/mol. The molecule has 7 heteroatoms. The topological polar surface area (TPSA) is 62.3 Å². The summed E-state index contributed by atoms with van der Waals surface area (Å²) in [4.78, 5) is 32.0. The maximum atomic E-state index is 13.0. The Morgan fingerprint density at radius 3 is 2.66 bits per heavy atom. The van der Waals surface area contributed by atoms with Crippen molar-refractivity contribution < 1.29 is 9.59 Å². The third-order valence-electron chi connectivity index (χ3n) is 5.61. The van der Waals surface area contributed by atoms with E-state index >= 15 is 0 Å². The lowest BCUT2D eigenvalue weighted by Gasteiger charge is -2.18. The standard InChI is InChI=1S/C25H20ClN3O2S/c26-19-9-3-1-7-16(19)14-29-15-17(13-23(29)30)24(31)27-20-10-4-2-8-18(20)25-28-21-11-5-6-12-22(21)32-25/h1-12,17H,13-15H2,(H,27,31)/t17-/m0/s1. The van der Waals surface area contributed by atoms with Crippen LogP contribution in [0.4, 0.5) is 5.69 Å². The number of likely N-dealkylation sites (tertiary alicyclic amines) is 1. The molecule has 4 aromatic rings. The van der Waals surface area contributed by atoms with Gasteiger partial charge in [0.2, 0.25) is 11.8 Å². The third kappa shape index (κ3) is 4.11. The molecule has 1 atom stereocenters. The van der Waals surface area contributed by atoms with Crippen molar-refractivity contribution in [3.63, 3.8) is 0 Å². The minimum Gasteiger partial charge on any atom is -0.337 e. The van der Waals surface area contributed by atoms with Crippen LogP contribution in [0.1, 0.15) is 12.0 Å². The summed E-state index contributed by atoms with van der Waals surface area (Å²) in [7, 11) is 0. The van der Waals surface area contributed by atoms with E-state index in [2.05, 4.69) is 5.32 Å². The smallest absolute Gasteiger partial charge is 0.229 e. The summed E-state index contributed by atoms with van der Waals surface area (Å²) in [5, 5.41) is 4.51. The Kier molecular flexibility index (Phi) is 5.64. The number of para-hydroxylation sites is 2. The summed E-state index contributed by atoms with van der Waals surface area (Å²) >= 11 is 7.83. The van der Waals surface area contributed by atoms with E-state index in [1.165, 1.54) is 0 Å². The van der Waals surface area contributed by atoms with E-state index in [0.29, 0.717) is 23.8 Å². The zero-order valence-electron chi connectivity index (χ0n) is 17.1. The van der Waals surface area contributed by atoms with Crippen LogP contribution in [0.15, 0.2) is 72.8 Å². The minimum absolute atomic E-state index is 0.0375. The first-order valence-corrected chi connectivity index (χ1v) is 11.5. The fraction of sp³-hybridized carbons (Fsp3) is 0.160. The van der Waals surface area contributed by atoms with Crippen LogP contribution in [0.5, 0.6) is 0 Å². The minimum atomic E-state index is -0.409. The predicted molar refractivity (Wildman–Crippen MR) is 129 cm³/mol. The highest BCUT2D eigenvalue weighted by Gasteiger charge is 2.34. The number of hydrogen-bond acceptors (Lipinski definition) is 4. The highest BCUT2D eigenvalue weighted by Crippen LogP contribution is 2.35. The van der Waals surface area contributed by atoms with Crippen molar-refractivity contribution in [3.05, 3.63) is 83.4 Å². The van der Waals surface area contributed by atoms with Gasteiger partial charge < -0.3 is 10.2 Å². The number of nitrogens with one attached hydrogen (secondary N) is 1. The quantitative estimate of drug-likeness (QED) is 0.420. The first-order valence-electron chi connectivity index (χ1n) is 10.4. The van der Waals surface area contributed by atoms with Crippen molar-refractivity contribution in [1.82, 2.24) is 9.88 Å². The van der Waals surface area contributed by atoms with Gasteiger partial charge >= 0.3 is 0 Å². The van der Waals surface area contributed by atoms with Crippen LogP contribution in [0.25, 0.3) is 20.8 Å². The number of rotatable bonds is 5. The number of amides is 2. The average molecular weight is 462 g/mol. The van der Waals surface area contributed by atoms with Crippen LogP contribution in [0, 0.1) is 5.92 Å². The van der Waals surface area contributed by atoms with Gasteiger partial charge in [-0.3, -0.25) is 9.59 Å². The van der Waals surface area contributed by atoms with Gasteiger partial charge in [-0.15, -0.1) is 11.3 Å². The Morgan fingerprint density at radius 1 is 1.06 bits per heavy atom. The Labute approximate surface area is 194 Å². The van der Waals surface area contributed by atoms with Crippen LogP contribution in [0.3, 0.4) is 0 Å². The summed E-state index contributed by atoms with van der Waals surface area (Å²) in [5.41, 5.74) is 3.39. The molecular formula is C25H20ClN3O2S. The van der Waals surface area contributed by atoms with Crippen molar-refractivity contribution in [2.24, 2.45) is 5.92 Å². The van der Waals surface area contributed by atoms with E-state index in [9.17, 15) is 9.59 Å². The number of aromatic nitrogens is 1. The molecule has 1 saturated heterocycles. The molecule has 1 aliphatic rings. The molecule has 2 amide bonds. The monoisotopic (exact) mass is 461 g/mol. The first kappa shape index (κ1) is 20.7. The molecule has 5 nitrogen and oxygen atoms in total. The predicted octanol–water partition coefficient (Wildman–Crippen LogP) is 5.60. The summed E-state index contributed by atoms with van der Waals surface area (Å²) in [6, 6.07) is 23.1. The van der Waals surface area contributed by atoms with Crippen molar-refractivity contribution in [2.75, 3.05) is 11.9 Å². The first-order chi connectivity index (χ1) is 15.6. The third-order valence-corrected chi connectivity index (χ3v) is 7.05. The van der Waals surface area contributed by atoms with Crippen LogP contribution < -0.4 is 5.32 Å². The van der Waals surface area contributed by atoms with E-state index in [4.69, 9.17) is 16.6 Å². The number of benzene rings is 3. The highest BCUT2D eigenvalue weighted by molar-refractivity contribution is 7.21. The largest absolute Gasteiger partial charge is 0.337 e. The molecule has 160 valence electrons. The van der Waals surface area contributed by atoms with Crippen LogP contribution in [-0.4, -0.2) is 28.2 Å². The molecule has 0 radical (unpaired) electrons. The van der Waals surface area contributed by atoms with Gasteiger partial charge in [-0.2, -0.15) is 0 Å². The van der Waals surface area contributed by atoms with Gasteiger partial charge in [-0.1, -0.05) is 54.1 Å². The molecule has 2 heterocycles. The van der Waals surface area contributed by atoms with E-state index in [-0.39, 0.29) is 18.2 Å². The Hall–Kier alpha value is -3.22. The molecule has 1 fully saturated rings. The average Bonchev–Trinajstić information content (AvgIpc) is 3.39. The second kappa shape index (κ2) is 8.73. The Morgan fingerprint density at radius 2 is 1.81 bits per heavy atom. The van der Waals surface area contributed by atoms with Crippen LogP contribution in [-0.2, 0) is 16.1 Å². The van der Waals surface area contributed by atoms with Gasteiger partial charge in [0.1, 0.15) is 5.01 Å². The second-order valence-corrected chi connectivity index (χ2v) is 9.23. The van der Waals surface area contributed by atoms with E-state index < -0.39 is 5.92 Å². The number of hydrogen-bond donors (Lipinski definition) is 1. The number of halogens is 1. The molecule has 0 bridgehead atoms. The Bertz CT molecular complexity index is 1290. The van der Waals surface area contributed by atoms with Crippen molar-refractivity contribution in [2.45, 2.75) is 13.0 Å². The molecule has 1 aromatic heterocycles. The number of anilines is 1. The van der Waals surface area contributed by atoms with Gasteiger partial charge in [-0.05, 0) is 35.9 Å². The van der Waals surface area contributed by atoms with Gasteiger partial charge in [0.25, 0.3) is 0 Å². The zero-order valence-corrected chi connectivity index (χ0v) is 18.7. The van der Waals surface area contributed by atoms with Crippen LogP contribution >= 0.6 is 22.9 Å². The van der Waals surface area contributed by atoms with Crippen molar-refractivity contribution in [1.29, 1.82) is 0 Å². The number of carbonyl (C=O) groups excluding carboxylic acids is 2. The molecule has 0 aliphatic carbocycles. The van der Waals surface area contributed by atoms with Crippen LogP contribution in [0.2, 0.25) is 5.02 Å². The fourth-order valence-electron chi connectivity index (χ4n) is 3.93. The summed E-state index contributed by atoms with van der Waals surface area (Å²) in [6.45, 7) is 0.782. The number of nitrogens with zero attached hydrogens (tertiary/aromatic N) is 2. The molecule has 0 unspecified atom stereocenters. The second-order valence-electron chi connectivity index (χ2n) is 7.79. The van der Waals surface area contributed by atoms with Gasteiger partial charge in [0.05, 0.1) is 21.8 Å². The summed E-state index contributed by atoms with van der Waals surface area (Å²) < 4.78 is 1.10. The highest BCUT2D eigenvalue weighted by atomic mass is 35.5. The molecule has 32 heavy (non-hydrogen) atoms. The maximum absolute atomic E-state index is 13.0. The van der Waals surface area contributed by atoms with Gasteiger partial charge in [0, 0.05) is 30.1 Å². The lowest BCUT2D eigenvalue weighted by molar-refractivity contribution is -0.128. The zero-order chi connectivity index (χ0) is 22.1. The lowest BCUT2D eigenvalue weighted by Crippen LogP contribution is -2.28. The number of thiazole rings is 1. The van der Waals surface area contributed by atoms with Crippen molar-refractivity contribution in [3.8, 4) is 10.6 Å². The number of carbonyl (C=O) groups is 2. The van der Waals surface area contributed by atoms with E-state index in [0.717, 1.165) is 26.4 Å². The number of fused-ring (bicyclic) bond motifs is 1. The molecule has 3 aromatic carbocycles. The lowest BCUT2D eigenvalue weighted by atomic mass is 10.1. The summed E-state index contributed by atoms with van der Waals surface area (Å²) in [6.07, 6.45) is 0.194. The molecule has 1 aliphatic heterocycles. The molecule has 5 rings (SSSR count). The normalized spacial score (nSPS) is 16.0.